The molecule has 0 aromatic heterocycles. The van der Waals surface area contributed by atoms with Crippen LogP contribution in [0.15, 0.2) is 30.3 Å². The zero-order chi connectivity index (χ0) is 9.80. The summed E-state index contributed by atoms with van der Waals surface area (Å²) in [7, 11) is 0. The average molecular weight is 213 g/mol. The van der Waals surface area contributed by atoms with Crippen LogP contribution in [-0.4, -0.2) is 18.3 Å². The minimum absolute atomic E-state index is 0.151. The summed E-state index contributed by atoms with van der Waals surface area (Å²) in [6, 6.07) is 10.1. The third-order valence-electron chi connectivity index (χ3n) is 2.24. The SMILES string of the molecule is ClC1CC(OCc2ccccc2)CO1. The zero-order valence-electron chi connectivity index (χ0n) is 7.86. The van der Waals surface area contributed by atoms with E-state index in [9.17, 15) is 0 Å². The summed E-state index contributed by atoms with van der Waals surface area (Å²) in [6.07, 6.45) is 0.937. The summed E-state index contributed by atoms with van der Waals surface area (Å²) >= 11 is 5.79. The van der Waals surface area contributed by atoms with Gasteiger partial charge in [-0.05, 0) is 5.56 Å². The molecule has 0 N–H and O–H groups in total. The first-order chi connectivity index (χ1) is 6.84. The summed E-state index contributed by atoms with van der Waals surface area (Å²) in [5.41, 5.74) is 1.02. The minimum Gasteiger partial charge on any atom is -0.371 e. The molecule has 2 unspecified atom stereocenters. The third kappa shape index (κ3) is 2.71. The fraction of sp³-hybridized carbons (Fsp3) is 0.455. The summed E-state index contributed by atoms with van der Waals surface area (Å²) in [5, 5.41) is 0. The molecular formula is C11H13ClO2. The highest BCUT2D eigenvalue weighted by molar-refractivity contribution is 6.19. The Morgan fingerprint density at radius 1 is 1.36 bits per heavy atom. The first kappa shape index (κ1) is 9.97. The highest BCUT2D eigenvalue weighted by atomic mass is 35.5. The standard InChI is InChI=1S/C11H13ClO2/c12-11-6-10(8-14-11)13-7-9-4-2-1-3-5-9/h1-5,10-11H,6-8H2. The van der Waals surface area contributed by atoms with E-state index in [1.807, 2.05) is 30.3 Å². The van der Waals surface area contributed by atoms with E-state index in [0.29, 0.717) is 13.2 Å². The van der Waals surface area contributed by atoms with Crippen LogP contribution in [0.5, 0.6) is 0 Å². The van der Waals surface area contributed by atoms with E-state index in [1.54, 1.807) is 0 Å². The molecule has 1 fully saturated rings. The van der Waals surface area contributed by atoms with Crippen molar-refractivity contribution in [2.75, 3.05) is 6.61 Å². The van der Waals surface area contributed by atoms with Gasteiger partial charge in [0.05, 0.1) is 19.3 Å². The van der Waals surface area contributed by atoms with Crippen molar-refractivity contribution in [3.05, 3.63) is 35.9 Å². The van der Waals surface area contributed by atoms with Gasteiger partial charge in [0.25, 0.3) is 0 Å². The van der Waals surface area contributed by atoms with Crippen LogP contribution in [0.25, 0.3) is 0 Å². The van der Waals surface area contributed by atoms with E-state index >= 15 is 0 Å². The Morgan fingerprint density at radius 2 is 2.14 bits per heavy atom. The molecule has 14 heavy (non-hydrogen) atoms. The lowest BCUT2D eigenvalue weighted by Gasteiger charge is -2.09. The summed E-state index contributed by atoms with van der Waals surface area (Å²) in [4.78, 5) is 0. The first-order valence-corrected chi connectivity index (χ1v) is 5.19. The van der Waals surface area contributed by atoms with Crippen molar-refractivity contribution in [1.29, 1.82) is 0 Å². The van der Waals surface area contributed by atoms with Crippen LogP contribution < -0.4 is 0 Å². The lowest BCUT2D eigenvalue weighted by atomic mass is 10.2. The van der Waals surface area contributed by atoms with Crippen molar-refractivity contribution in [3.8, 4) is 0 Å². The maximum absolute atomic E-state index is 5.79. The third-order valence-corrected chi connectivity index (χ3v) is 2.54. The van der Waals surface area contributed by atoms with Crippen molar-refractivity contribution in [2.24, 2.45) is 0 Å². The fourth-order valence-electron chi connectivity index (χ4n) is 1.46. The molecule has 0 saturated carbocycles. The average Bonchev–Trinajstić information content (AvgIpc) is 2.63. The Kier molecular flexibility index (Phi) is 3.40. The molecular weight excluding hydrogens is 200 g/mol. The quantitative estimate of drug-likeness (QED) is 0.717. The second-order valence-electron chi connectivity index (χ2n) is 3.40. The normalized spacial score (nSPS) is 26.6. The molecule has 0 radical (unpaired) electrons. The number of alkyl halides is 1. The molecule has 1 aromatic rings. The van der Waals surface area contributed by atoms with Crippen LogP contribution in [0.3, 0.4) is 0 Å². The van der Waals surface area contributed by atoms with Gasteiger partial charge in [-0.15, -0.1) is 0 Å². The van der Waals surface area contributed by atoms with Crippen molar-refractivity contribution >= 4 is 11.6 Å². The van der Waals surface area contributed by atoms with Gasteiger partial charge in [0, 0.05) is 6.42 Å². The topological polar surface area (TPSA) is 18.5 Å². The molecule has 1 aromatic carbocycles. The molecule has 2 rings (SSSR count). The summed E-state index contributed by atoms with van der Waals surface area (Å²) in [6.45, 7) is 1.25. The Morgan fingerprint density at radius 3 is 2.79 bits per heavy atom. The number of benzene rings is 1. The van der Waals surface area contributed by atoms with Crippen LogP contribution in [0.1, 0.15) is 12.0 Å². The lowest BCUT2D eigenvalue weighted by Crippen LogP contribution is -2.12. The van der Waals surface area contributed by atoms with Crippen molar-refractivity contribution in [3.63, 3.8) is 0 Å². The molecule has 2 atom stereocenters. The monoisotopic (exact) mass is 212 g/mol. The highest BCUT2D eigenvalue weighted by Gasteiger charge is 2.23. The maximum Gasteiger partial charge on any atom is 0.133 e. The molecule has 0 amide bonds. The van der Waals surface area contributed by atoms with Gasteiger partial charge in [-0.1, -0.05) is 41.9 Å². The first-order valence-electron chi connectivity index (χ1n) is 4.76. The van der Waals surface area contributed by atoms with Crippen molar-refractivity contribution in [2.45, 2.75) is 24.7 Å². The highest BCUT2D eigenvalue weighted by Crippen LogP contribution is 2.19. The smallest absolute Gasteiger partial charge is 0.133 e. The number of hydrogen-bond acceptors (Lipinski definition) is 2. The van der Waals surface area contributed by atoms with Crippen molar-refractivity contribution < 1.29 is 9.47 Å². The Labute approximate surface area is 88.8 Å². The predicted molar refractivity (Wildman–Crippen MR) is 55.2 cm³/mol. The van der Waals surface area contributed by atoms with E-state index in [-0.39, 0.29) is 11.7 Å². The van der Waals surface area contributed by atoms with E-state index < -0.39 is 0 Å². The molecule has 0 spiro atoms. The summed E-state index contributed by atoms with van der Waals surface area (Å²) < 4.78 is 10.8. The molecule has 2 nitrogen and oxygen atoms in total. The maximum atomic E-state index is 5.79. The van der Waals surface area contributed by atoms with Crippen LogP contribution in [0, 0.1) is 0 Å². The van der Waals surface area contributed by atoms with Crippen LogP contribution in [-0.2, 0) is 16.1 Å². The summed E-state index contributed by atoms with van der Waals surface area (Å²) in [5.74, 6) is 0. The minimum atomic E-state index is -0.171. The van der Waals surface area contributed by atoms with Gasteiger partial charge >= 0.3 is 0 Å². The molecule has 0 bridgehead atoms. The number of rotatable bonds is 3. The molecule has 3 heteroatoms. The second-order valence-corrected chi connectivity index (χ2v) is 3.88. The zero-order valence-corrected chi connectivity index (χ0v) is 8.61. The van der Waals surface area contributed by atoms with Gasteiger partial charge in [0.15, 0.2) is 0 Å². The molecule has 1 heterocycles. The Balaban J connectivity index is 1.78. The Bertz CT molecular complexity index is 276. The fourth-order valence-corrected chi connectivity index (χ4v) is 1.73. The van der Waals surface area contributed by atoms with E-state index in [2.05, 4.69) is 0 Å². The van der Waals surface area contributed by atoms with Crippen LogP contribution in [0.2, 0.25) is 0 Å². The molecule has 1 saturated heterocycles. The van der Waals surface area contributed by atoms with E-state index in [0.717, 1.165) is 6.42 Å². The van der Waals surface area contributed by atoms with Gasteiger partial charge in [-0.25, -0.2) is 0 Å². The van der Waals surface area contributed by atoms with Gasteiger partial charge in [0.1, 0.15) is 5.56 Å². The number of ether oxygens (including phenoxy) is 2. The lowest BCUT2D eigenvalue weighted by molar-refractivity contribution is 0.0308. The van der Waals surface area contributed by atoms with Gasteiger partial charge in [0.2, 0.25) is 0 Å². The predicted octanol–water partition coefficient (Wildman–Crippen LogP) is 2.56. The number of halogens is 1. The van der Waals surface area contributed by atoms with Gasteiger partial charge in [-0.2, -0.15) is 0 Å². The molecule has 0 aliphatic carbocycles. The van der Waals surface area contributed by atoms with Gasteiger partial charge in [-0.3, -0.25) is 0 Å². The Hall–Kier alpha value is -0.570. The largest absolute Gasteiger partial charge is 0.371 e. The van der Waals surface area contributed by atoms with E-state index in [4.69, 9.17) is 21.1 Å². The molecule has 1 aliphatic rings. The van der Waals surface area contributed by atoms with E-state index in [1.165, 1.54) is 5.56 Å². The van der Waals surface area contributed by atoms with Crippen molar-refractivity contribution in [1.82, 2.24) is 0 Å². The second kappa shape index (κ2) is 4.78. The van der Waals surface area contributed by atoms with Gasteiger partial charge < -0.3 is 9.47 Å². The number of hydrogen-bond donors (Lipinski definition) is 0. The molecule has 76 valence electrons. The van der Waals surface area contributed by atoms with Crippen LogP contribution >= 0.6 is 11.6 Å². The molecule has 1 aliphatic heterocycles. The van der Waals surface area contributed by atoms with Crippen LogP contribution in [0.4, 0.5) is 0 Å².